The third-order valence-electron chi connectivity index (χ3n) is 4.93. The van der Waals surface area contributed by atoms with E-state index in [0.29, 0.717) is 11.8 Å². The first-order chi connectivity index (χ1) is 16.0. The second-order valence-corrected chi connectivity index (χ2v) is 9.42. The monoisotopic (exact) mass is 493 g/mol. The summed E-state index contributed by atoms with van der Waals surface area (Å²) in [5.74, 6) is -0.844. The Bertz CT molecular complexity index is 1250. The van der Waals surface area contributed by atoms with E-state index in [2.05, 4.69) is 15.3 Å². The Balaban J connectivity index is 1.82. The highest BCUT2D eigenvalue weighted by Gasteiger charge is 2.35. The van der Waals surface area contributed by atoms with Crippen LogP contribution in [0.25, 0.3) is 11.3 Å². The van der Waals surface area contributed by atoms with Crippen molar-refractivity contribution in [2.75, 3.05) is 12.9 Å². The Morgan fingerprint density at radius 2 is 1.71 bits per heavy atom. The minimum atomic E-state index is -4.89. The lowest BCUT2D eigenvalue weighted by Crippen LogP contribution is -2.28. The lowest BCUT2D eigenvalue weighted by atomic mass is 10.1. The van der Waals surface area contributed by atoms with Crippen molar-refractivity contribution >= 4 is 15.7 Å². The van der Waals surface area contributed by atoms with Crippen LogP contribution in [0.4, 0.5) is 13.2 Å². The number of halogens is 3. The van der Waals surface area contributed by atoms with Crippen LogP contribution in [0.3, 0.4) is 0 Å². The van der Waals surface area contributed by atoms with E-state index in [9.17, 15) is 26.4 Å². The van der Waals surface area contributed by atoms with E-state index in [0.717, 1.165) is 5.56 Å². The molecule has 3 aromatic rings. The summed E-state index contributed by atoms with van der Waals surface area (Å²) >= 11 is 0. The van der Waals surface area contributed by atoms with E-state index in [1.807, 2.05) is 6.07 Å². The predicted molar refractivity (Wildman–Crippen MR) is 119 cm³/mol. The Hall–Kier alpha value is -3.47. The first-order valence-electron chi connectivity index (χ1n) is 10.2. The van der Waals surface area contributed by atoms with Crippen LogP contribution < -0.4 is 10.1 Å². The topological polar surface area (TPSA) is 98.2 Å². The van der Waals surface area contributed by atoms with Gasteiger partial charge in [0.25, 0.3) is 0 Å². The predicted octanol–water partition coefficient (Wildman–Crippen LogP) is 4.21. The average Bonchev–Trinajstić information content (AvgIpc) is 2.82. The molecule has 1 aromatic heterocycles. The number of aromatic nitrogens is 2. The molecule has 0 saturated heterocycles. The van der Waals surface area contributed by atoms with Crippen LogP contribution in [0.2, 0.25) is 0 Å². The van der Waals surface area contributed by atoms with E-state index in [4.69, 9.17) is 4.74 Å². The van der Waals surface area contributed by atoms with Crippen LogP contribution in [-0.4, -0.2) is 37.2 Å². The number of alkyl halides is 3. The Labute approximate surface area is 194 Å². The number of rotatable bonds is 8. The van der Waals surface area contributed by atoms with Gasteiger partial charge in [0, 0.05) is 12.0 Å². The summed E-state index contributed by atoms with van der Waals surface area (Å²) in [4.78, 5) is 19.4. The molecule has 180 valence electrons. The first-order valence-corrected chi connectivity index (χ1v) is 11.8. The van der Waals surface area contributed by atoms with Gasteiger partial charge in [-0.15, -0.1) is 0 Å². The number of nitrogens with one attached hydrogen (secondary N) is 1. The highest BCUT2D eigenvalue weighted by atomic mass is 32.2. The molecule has 1 N–H and O–H groups in total. The average molecular weight is 494 g/mol. The SMILES string of the molecule is COc1ccc(-c2cc(C(F)(F)F)nc(S(=O)(=O)CCC(=O)N[C@@H](C)c3ccccc3)n2)cc1. The number of carbonyl (C=O) groups excluding carboxylic acids is 1. The molecule has 11 heteroatoms. The molecule has 0 aliphatic carbocycles. The van der Waals surface area contributed by atoms with Crippen molar-refractivity contribution < 1.29 is 31.1 Å². The summed E-state index contributed by atoms with van der Waals surface area (Å²) in [5.41, 5.74) is -0.539. The van der Waals surface area contributed by atoms with Crippen LogP contribution in [0.15, 0.2) is 65.8 Å². The van der Waals surface area contributed by atoms with Gasteiger partial charge in [-0.25, -0.2) is 18.4 Å². The third kappa shape index (κ3) is 6.31. The fourth-order valence-corrected chi connectivity index (χ4v) is 4.19. The molecule has 0 fully saturated rings. The zero-order valence-corrected chi connectivity index (χ0v) is 19.2. The Morgan fingerprint density at radius 3 is 2.29 bits per heavy atom. The molecule has 1 amide bonds. The molecule has 2 aromatic carbocycles. The minimum Gasteiger partial charge on any atom is -0.497 e. The number of sulfone groups is 1. The molecule has 0 bridgehead atoms. The van der Waals surface area contributed by atoms with Crippen molar-refractivity contribution in [3.63, 3.8) is 0 Å². The summed E-state index contributed by atoms with van der Waals surface area (Å²) in [5, 5.41) is 1.68. The van der Waals surface area contributed by atoms with Crippen LogP contribution >= 0.6 is 0 Å². The van der Waals surface area contributed by atoms with Crippen molar-refractivity contribution in [3.8, 4) is 17.0 Å². The maximum Gasteiger partial charge on any atom is 0.433 e. The van der Waals surface area contributed by atoms with Gasteiger partial charge >= 0.3 is 6.18 Å². The van der Waals surface area contributed by atoms with E-state index < -0.39 is 44.9 Å². The maximum absolute atomic E-state index is 13.4. The number of ether oxygens (including phenoxy) is 1. The number of methoxy groups -OCH3 is 1. The molecule has 3 rings (SSSR count). The molecule has 0 unspecified atom stereocenters. The van der Waals surface area contributed by atoms with Crippen molar-refractivity contribution in [2.24, 2.45) is 0 Å². The lowest BCUT2D eigenvalue weighted by Gasteiger charge is -2.14. The van der Waals surface area contributed by atoms with Gasteiger partial charge in [0.15, 0.2) is 0 Å². The zero-order valence-electron chi connectivity index (χ0n) is 18.3. The van der Waals surface area contributed by atoms with E-state index in [-0.39, 0.29) is 17.3 Å². The van der Waals surface area contributed by atoms with E-state index in [1.165, 1.54) is 31.4 Å². The number of hydrogen-bond donors (Lipinski definition) is 1. The number of carbonyl (C=O) groups is 1. The molecule has 34 heavy (non-hydrogen) atoms. The summed E-state index contributed by atoms with van der Waals surface area (Å²) in [6, 6.07) is 15.3. The van der Waals surface area contributed by atoms with Crippen molar-refractivity contribution in [1.82, 2.24) is 15.3 Å². The molecule has 7 nitrogen and oxygen atoms in total. The third-order valence-corrected chi connectivity index (χ3v) is 6.42. The van der Waals surface area contributed by atoms with Gasteiger partial charge in [-0.3, -0.25) is 4.79 Å². The van der Waals surface area contributed by atoms with Gasteiger partial charge < -0.3 is 10.1 Å². The normalized spacial score (nSPS) is 12.7. The Morgan fingerprint density at radius 1 is 1.06 bits per heavy atom. The van der Waals surface area contributed by atoms with Crippen LogP contribution in [0.1, 0.15) is 30.6 Å². The van der Waals surface area contributed by atoms with Gasteiger partial charge in [0.2, 0.25) is 20.9 Å². The molecule has 1 heterocycles. The quantitative estimate of drug-likeness (QED) is 0.472. The van der Waals surface area contributed by atoms with Crippen molar-refractivity contribution in [2.45, 2.75) is 30.7 Å². The largest absolute Gasteiger partial charge is 0.497 e. The standard InChI is InChI=1S/C23H22F3N3O4S/c1-15(16-6-4-3-5-7-16)27-21(30)12-13-34(31,32)22-28-19(14-20(29-22)23(24,25)26)17-8-10-18(33-2)11-9-17/h3-11,14-15H,12-13H2,1-2H3,(H,27,30)/t15-/m0/s1. The number of hydrogen-bond acceptors (Lipinski definition) is 6. The summed E-state index contributed by atoms with van der Waals surface area (Å²) in [6.45, 7) is 1.73. The van der Waals surface area contributed by atoms with Crippen LogP contribution in [-0.2, 0) is 20.8 Å². The van der Waals surface area contributed by atoms with Gasteiger partial charge in [0.1, 0.15) is 11.4 Å². The van der Waals surface area contributed by atoms with Gasteiger partial charge in [-0.05, 0) is 42.8 Å². The second kappa shape index (κ2) is 10.2. The zero-order chi connectivity index (χ0) is 24.9. The number of benzene rings is 2. The molecule has 1 atom stereocenters. The van der Waals surface area contributed by atoms with Gasteiger partial charge in [-0.1, -0.05) is 30.3 Å². The summed E-state index contributed by atoms with van der Waals surface area (Å²) in [6.07, 6.45) is -5.35. The van der Waals surface area contributed by atoms with Crippen LogP contribution in [0, 0.1) is 0 Å². The lowest BCUT2D eigenvalue weighted by molar-refractivity contribution is -0.141. The molecule has 0 aliphatic rings. The highest BCUT2D eigenvalue weighted by Crippen LogP contribution is 2.31. The minimum absolute atomic E-state index is 0.217. The molecule has 0 aliphatic heterocycles. The molecule has 0 radical (unpaired) electrons. The first kappa shape index (κ1) is 25.2. The molecular formula is C23H22F3N3O4S. The Kier molecular flexibility index (Phi) is 7.55. The smallest absolute Gasteiger partial charge is 0.433 e. The number of amides is 1. The number of nitrogens with zero attached hydrogens (tertiary/aromatic N) is 2. The van der Waals surface area contributed by atoms with Crippen LogP contribution in [0.5, 0.6) is 5.75 Å². The van der Waals surface area contributed by atoms with E-state index in [1.54, 1.807) is 31.2 Å². The van der Waals surface area contributed by atoms with Gasteiger partial charge in [0.05, 0.1) is 24.6 Å². The molecule has 0 spiro atoms. The fourth-order valence-electron chi connectivity index (χ4n) is 3.08. The van der Waals surface area contributed by atoms with E-state index >= 15 is 0 Å². The highest BCUT2D eigenvalue weighted by molar-refractivity contribution is 7.91. The maximum atomic E-state index is 13.4. The van der Waals surface area contributed by atoms with Crippen molar-refractivity contribution in [3.05, 3.63) is 71.9 Å². The summed E-state index contributed by atoms with van der Waals surface area (Å²) < 4.78 is 70.8. The van der Waals surface area contributed by atoms with Gasteiger partial charge in [-0.2, -0.15) is 13.2 Å². The van der Waals surface area contributed by atoms with Crippen molar-refractivity contribution in [1.29, 1.82) is 0 Å². The fraction of sp³-hybridized carbons (Fsp3) is 0.261. The summed E-state index contributed by atoms with van der Waals surface area (Å²) in [7, 11) is -2.96. The molecule has 0 saturated carbocycles. The molecular weight excluding hydrogens is 471 g/mol. The second-order valence-electron chi connectivity index (χ2n) is 7.42.